The first kappa shape index (κ1) is 14.2. The highest BCUT2D eigenvalue weighted by Gasteiger charge is 2.21. The molecule has 0 amide bonds. The summed E-state index contributed by atoms with van der Waals surface area (Å²) in [6.45, 7) is 0. The minimum Gasteiger partial charge on any atom is -0.308 e. The molecule has 2 rings (SSSR count). The smallest absolute Gasteiger partial charge is 0.0768 e. The van der Waals surface area contributed by atoms with Crippen LogP contribution in [0.2, 0.25) is 0 Å². The lowest BCUT2D eigenvalue weighted by Gasteiger charge is -2.19. The Morgan fingerprint density at radius 2 is 1.94 bits per heavy atom. The maximum Gasteiger partial charge on any atom is 0.0768 e. The second-order valence-corrected chi connectivity index (χ2v) is 6.51. The number of nitrogens with zero attached hydrogens (tertiary/aromatic N) is 2. The average molecular weight is 438 g/mol. The summed E-state index contributed by atoms with van der Waals surface area (Å²) in [6, 6.07) is 6.22. The molecule has 0 saturated carbocycles. The van der Waals surface area contributed by atoms with E-state index in [0.717, 1.165) is 24.7 Å². The molecule has 0 fully saturated rings. The van der Waals surface area contributed by atoms with Crippen LogP contribution in [0.1, 0.15) is 17.3 Å². The molecule has 1 heterocycles. The Morgan fingerprint density at radius 3 is 2.50 bits per heavy atom. The molecule has 18 heavy (non-hydrogen) atoms. The minimum atomic E-state index is 0.0683. The molecule has 1 atom stereocenters. The van der Waals surface area contributed by atoms with Gasteiger partial charge in [0, 0.05) is 16.0 Å². The van der Waals surface area contributed by atoms with Gasteiger partial charge < -0.3 is 5.32 Å². The minimum absolute atomic E-state index is 0.0683. The van der Waals surface area contributed by atoms with Crippen LogP contribution in [-0.2, 0) is 7.05 Å². The first-order valence-electron chi connectivity index (χ1n) is 5.34. The third-order valence-corrected chi connectivity index (χ3v) is 4.60. The molecular weight excluding hydrogens is 426 g/mol. The van der Waals surface area contributed by atoms with Crippen molar-refractivity contribution in [1.29, 1.82) is 0 Å². The Hall–Kier alpha value is -0.170. The van der Waals surface area contributed by atoms with Crippen molar-refractivity contribution in [3.05, 3.63) is 49.1 Å². The molecule has 0 radical (unpaired) electrons. The van der Waals surface area contributed by atoms with Gasteiger partial charge in [-0.3, -0.25) is 4.68 Å². The molecule has 0 bridgehead atoms. The number of hydrogen-bond acceptors (Lipinski definition) is 2. The predicted octanol–water partition coefficient (Wildman–Crippen LogP) is 4.02. The van der Waals surface area contributed by atoms with Crippen molar-refractivity contribution in [2.75, 3.05) is 7.05 Å². The van der Waals surface area contributed by atoms with E-state index in [-0.39, 0.29) is 6.04 Å². The Balaban J connectivity index is 2.55. The Morgan fingerprint density at radius 1 is 1.22 bits per heavy atom. The van der Waals surface area contributed by atoms with Gasteiger partial charge in [0.05, 0.1) is 22.4 Å². The van der Waals surface area contributed by atoms with Crippen molar-refractivity contribution in [2.24, 2.45) is 7.05 Å². The molecule has 0 aliphatic heterocycles. The van der Waals surface area contributed by atoms with Crippen LogP contribution in [0.5, 0.6) is 0 Å². The molecule has 6 heteroatoms. The summed E-state index contributed by atoms with van der Waals surface area (Å²) in [4.78, 5) is 0. The quantitative estimate of drug-likeness (QED) is 0.786. The fourth-order valence-corrected chi connectivity index (χ4v) is 3.35. The van der Waals surface area contributed by atoms with Crippen LogP contribution in [0, 0.1) is 0 Å². The van der Waals surface area contributed by atoms with Crippen molar-refractivity contribution >= 4 is 47.8 Å². The predicted molar refractivity (Wildman–Crippen MR) is 83.7 cm³/mol. The summed E-state index contributed by atoms with van der Waals surface area (Å²) < 4.78 is 4.99. The van der Waals surface area contributed by atoms with E-state index in [2.05, 4.69) is 64.3 Å². The summed E-state index contributed by atoms with van der Waals surface area (Å²) in [5.74, 6) is 0. The highest BCUT2D eigenvalue weighted by molar-refractivity contribution is 9.11. The van der Waals surface area contributed by atoms with Crippen LogP contribution in [0.15, 0.2) is 37.8 Å². The van der Waals surface area contributed by atoms with Crippen LogP contribution in [0.3, 0.4) is 0 Å². The Labute approximate surface area is 131 Å². The second-order valence-electron chi connectivity index (χ2n) is 3.89. The van der Waals surface area contributed by atoms with Crippen molar-refractivity contribution in [2.45, 2.75) is 6.04 Å². The molecule has 0 aliphatic rings. The van der Waals surface area contributed by atoms with Crippen LogP contribution in [0.4, 0.5) is 0 Å². The average Bonchev–Trinajstić information content (AvgIpc) is 2.66. The van der Waals surface area contributed by atoms with Crippen LogP contribution in [0.25, 0.3) is 0 Å². The van der Waals surface area contributed by atoms with Gasteiger partial charge in [0.15, 0.2) is 0 Å². The second kappa shape index (κ2) is 5.86. The van der Waals surface area contributed by atoms with Gasteiger partial charge in [-0.1, -0.05) is 31.9 Å². The summed E-state index contributed by atoms with van der Waals surface area (Å²) in [6.07, 6.45) is 1.81. The van der Waals surface area contributed by atoms with E-state index in [4.69, 9.17) is 0 Å². The van der Waals surface area contributed by atoms with Crippen molar-refractivity contribution < 1.29 is 0 Å². The van der Waals surface area contributed by atoms with Gasteiger partial charge in [0.2, 0.25) is 0 Å². The highest BCUT2D eigenvalue weighted by atomic mass is 79.9. The third kappa shape index (κ3) is 2.71. The van der Waals surface area contributed by atoms with Gasteiger partial charge in [-0.05, 0) is 46.7 Å². The van der Waals surface area contributed by atoms with E-state index < -0.39 is 0 Å². The molecule has 0 saturated heterocycles. The molecule has 0 aliphatic carbocycles. The zero-order chi connectivity index (χ0) is 13.3. The van der Waals surface area contributed by atoms with Gasteiger partial charge in [-0.2, -0.15) is 5.10 Å². The van der Waals surface area contributed by atoms with Gasteiger partial charge in [-0.15, -0.1) is 0 Å². The SMILES string of the molecule is CNC(c1cc(Br)ccc1Br)c1c(Br)cnn1C. The largest absolute Gasteiger partial charge is 0.308 e. The monoisotopic (exact) mass is 435 g/mol. The molecule has 0 spiro atoms. The number of nitrogens with one attached hydrogen (secondary N) is 1. The Kier molecular flexibility index (Phi) is 4.64. The molecular formula is C12H12Br3N3. The first-order valence-corrected chi connectivity index (χ1v) is 7.72. The summed E-state index contributed by atoms with van der Waals surface area (Å²) in [5, 5.41) is 7.59. The molecule has 1 aromatic carbocycles. The third-order valence-electron chi connectivity index (χ3n) is 2.77. The van der Waals surface area contributed by atoms with Crippen molar-refractivity contribution in [3.63, 3.8) is 0 Å². The summed E-state index contributed by atoms with van der Waals surface area (Å²) in [7, 11) is 3.88. The van der Waals surface area contributed by atoms with Gasteiger partial charge in [0.1, 0.15) is 0 Å². The van der Waals surface area contributed by atoms with E-state index >= 15 is 0 Å². The van der Waals surface area contributed by atoms with E-state index in [0.29, 0.717) is 0 Å². The molecule has 1 N–H and O–H groups in total. The number of aryl methyl sites for hydroxylation is 1. The number of hydrogen-bond donors (Lipinski definition) is 1. The van der Waals surface area contributed by atoms with Gasteiger partial charge in [0.25, 0.3) is 0 Å². The highest BCUT2D eigenvalue weighted by Crippen LogP contribution is 2.33. The fraction of sp³-hybridized carbons (Fsp3) is 0.250. The molecule has 1 unspecified atom stereocenters. The van der Waals surface area contributed by atoms with Crippen LogP contribution < -0.4 is 5.32 Å². The molecule has 2 aromatic rings. The number of halogens is 3. The maximum atomic E-state index is 4.27. The first-order chi connectivity index (χ1) is 8.54. The topological polar surface area (TPSA) is 29.9 Å². The normalized spacial score (nSPS) is 12.7. The molecule has 3 nitrogen and oxygen atoms in total. The zero-order valence-electron chi connectivity index (χ0n) is 9.92. The van der Waals surface area contributed by atoms with E-state index in [9.17, 15) is 0 Å². The number of rotatable bonds is 3. The molecule has 96 valence electrons. The number of aromatic nitrogens is 2. The number of benzene rings is 1. The van der Waals surface area contributed by atoms with Crippen LogP contribution in [-0.4, -0.2) is 16.8 Å². The van der Waals surface area contributed by atoms with Crippen molar-refractivity contribution in [1.82, 2.24) is 15.1 Å². The van der Waals surface area contributed by atoms with Gasteiger partial charge >= 0.3 is 0 Å². The lowest BCUT2D eigenvalue weighted by atomic mass is 10.0. The summed E-state index contributed by atoms with van der Waals surface area (Å²) >= 11 is 10.7. The lowest BCUT2D eigenvalue weighted by Crippen LogP contribution is -2.21. The zero-order valence-corrected chi connectivity index (χ0v) is 14.7. The van der Waals surface area contributed by atoms with Crippen LogP contribution >= 0.6 is 47.8 Å². The Bertz CT molecular complexity index is 546. The fourth-order valence-electron chi connectivity index (χ4n) is 1.92. The summed E-state index contributed by atoms with van der Waals surface area (Å²) in [5.41, 5.74) is 2.26. The van der Waals surface area contributed by atoms with E-state index in [1.807, 2.05) is 37.1 Å². The maximum absolute atomic E-state index is 4.27. The van der Waals surface area contributed by atoms with E-state index in [1.54, 1.807) is 0 Å². The van der Waals surface area contributed by atoms with Gasteiger partial charge in [-0.25, -0.2) is 0 Å². The lowest BCUT2D eigenvalue weighted by molar-refractivity contribution is 0.602. The molecule has 1 aromatic heterocycles. The van der Waals surface area contributed by atoms with E-state index in [1.165, 1.54) is 0 Å². The van der Waals surface area contributed by atoms with Crippen molar-refractivity contribution in [3.8, 4) is 0 Å². The standard InChI is InChI=1S/C12H12Br3N3/c1-16-11(12-10(15)6-17-18(12)2)8-5-7(13)3-4-9(8)14/h3-6,11,16H,1-2H3.